The molecule has 1 aromatic carbocycles. The number of allylic oxidation sites excluding steroid dienone is 1. The largest absolute Gasteiger partial charge is 0.444 e. The Morgan fingerprint density at radius 1 is 1.24 bits per heavy atom. The van der Waals surface area contributed by atoms with Crippen LogP contribution in [0.5, 0.6) is 10.8 Å². The van der Waals surface area contributed by atoms with Crippen LogP contribution in [0.3, 0.4) is 0 Å². The number of benzene rings is 1. The normalized spacial score (nSPS) is 15.0. The Morgan fingerprint density at radius 2 is 2.03 bits per heavy atom. The van der Waals surface area contributed by atoms with Crippen molar-refractivity contribution in [2.45, 2.75) is 46.0 Å². The summed E-state index contributed by atoms with van der Waals surface area (Å²) in [6.07, 6.45) is 7.26. The number of aromatic nitrogens is 1. The second kappa shape index (κ2) is 10.3. The predicted molar refractivity (Wildman–Crippen MR) is 139 cm³/mol. The first kappa shape index (κ1) is 23.1. The zero-order chi connectivity index (χ0) is 23.4. The van der Waals surface area contributed by atoms with Crippen LogP contribution >= 0.6 is 23.6 Å². The second-order valence-corrected chi connectivity index (χ2v) is 9.49. The molecule has 5 nitrogen and oxygen atoms in total. The summed E-state index contributed by atoms with van der Waals surface area (Å²) in [4.78, 5) is 19.1. The lowest BCUT2D eigenvalue weighted by Crippen LogP contribution is -2.15. The summed E-state index contributed by atoms with van der Waals surface area (Å²) in [6.45, 7) is 4.01. The molecule has 1 aliphatic carbocycles. The number of pyridine rings is 1. The van der Waals surface area contributed by atoms with Crippen molar-refractivity contribution in [3.8, 4) is 10.8 Å². The molecule has 0 unspecified atom stereocenters. The van der Waals surface area contributed by atoms with E-state index in [1.54, 1.807) is 12.4 Å². The van der Waals surface area contributed by atoms with Crippen LogP contribution in [-0.2, 0) is 19.3 Å². The van der Waals surface area contributed by atoms with E-state index in [1.165, 1.54) is 16.9 Å². The fourth-order valence-corrected chi connectivity index (χ4v) is 5.36. The quantitative estimate of drug-likeness (QED) is 0.340. The van der Waals surface area contributed by atoms with Crippen LogP contribution in [0.25, 0.3) is 0 Å². The number of thiophene rings is 1. The first-order valence-electron chi connectivity index (χ1n) is 11.1. The summed E-state index contributed by atoms with van der Waals surface area (Å²) >= 11 is 7.06. The Labute approximate surface area is 203 Å². The Bertz CT molecular complexity index is 1210. The third-order valence-electron chi connectivity index (χ3n) is 5.84. The molecule has 3 N–H and O–H groups in total. The van der Waals surface area contributed by atoms with Crippen molar-refractivity contribution >= 4 is 40.0 Å². The number of aryl methyl sites for hydroxylation is 2. The maximum absolute atomic E-state index is 13.3. The molecule has 0 atom stereocenters. The van der Waals surface area contributed by atoms with E-state index < -0.39 is 0 Å². The maximum atomic E-state index is 13.3. The van der Waals surface area contributed by atoms with Crippen LogP contribution in [0.1, 0.15) is 51.8 Å². The molecule has 2 aromatic heterocycles. The molecular formula is C26H27N3O2S2. The maximum Gasteiger partial charge on any atom is 0.266 e. The molecule has 0 radical (unpaired) electrons. The summed E-state index contributed by atoms with van der Waals surface area (Å²) in [6, 6.07) is 11.7. The lowest BCUT2D eigenvalue weighted by molar-refractivity contribution is 0.102. The number of anilines is 1. The average molecular weight is 478 g/mol. The fraction of sp³-hybridized carbons (Fsp3) is 0.269. The van der Waals surface area contributed by atoms with Gasteiger partial charge >= 0.3 is 0 Å². The van der Waals surface area contributed by atoms with E-state index in [-0.39, 0.29) is 5.91 Å². The summed E-state index contributed by atoms with van der Waals surface area (Å²) in [5.74, 6) is 0.547. The zero-order valence-electron chi connectivity index (χ0n) is 18.8. The van der Waals surface area contributed by atoms with Crippen molar-refractivity contribution in [1.29, 1.82) is 0 Å². The number of rotatable bonds is 5. The van der Waals surface area contributed by atoms with Crippen LogP contribution < -0.4 is 15.8 Å². The number of nitrogens with one attached hydrogen (secondary N) is 1. The van der Waals surface area contributed by atoms with Gasteiger partial charge in [0.1, 0.15) is 5.75 Å². The van der Waals surface area contributed by atoms with Crippen LogP contribution in [0.4, 0.5) is 5.69 Å². The Kier molecular flexibility index (Phi) is 7.20. The molecule has 33 heavy (non-hydrogen) atoms. The smallest absolute Gasteiger partial charge is 0.266 e. The molecule has 1 amide bonds. The van der Waals surface area contributed by atoms with Gasteiger partial charge in [0.15, 0.2) is 5.06 Å². The first-order chi connectivity index (χ1) is 16.0. The number of hydrogen-bond acceptors (Lipinski definition) is 6. The van der Waals surface area contributed by atoms with Gasteiger partial charge in [0, 0.05) is 28.7 Å². The average Bonchev–Trinajstić information content (AvgIpc) is 3.13. The van der Waals surface area contributed by atoms with Crippen LogP contribution in [-0.4, -0.2) is 15.8 Å². The third-order valence-corrected chi connectivity index (χ3v) is 7.39. The van der Waals surface area contributed by atoms with E-state index >= 15 is 0 Å². The van der Waals surface area contributed by atoms with E-state index in [4.69, 9.17) is 22.7 Å². The SMILES string of the molecule is CCc1ccc(NC(=O)c2sc(Oc3cccnc3C)c3c2CCCC(=CN)C(=S)C3)cc1. The van der Waals surface area contributed by atoms with Crippen LogP contribution in [0.15, 0.2) is 54.4 Å². The number of hydrogen-bond donors (Lipinski definition) is 2. The molecule has 0 fully saturated rings. The van der Waals surface area contributed by atoms with E-state index in [2.05, 4.69) is 17.2 Å². The Balaban J connectivity index is 1.72. The number of nitrogens with zero attached hydrogens (tertiary/aromatic N) is 1. The molecule has 0 saturated carbocycles. The Hall–Kier alpha value is -3.03. The van der Waals surface area contributed by atoms with Gasteiger partial charge in [-0.3, -0.25) is 9.78 Å². The summed E-state index contributed by atoms with van der Waals surface area (Å²) in [7, 11) is 0. The van der Waals surface area contributed by atoms with Gasteiger partial charge in [0.25, 0.3) is 5.91 Å². The molecule has 0 bridgehead atoms. The third kappa shape index (κ3) is 5.15. The zero-order valence-corrected chi connectivity index (χ0v) is 20.4. The van der Waals surface area contributed by atoms with Gasteiger partial charge in [-0.1, -0.05) is 42.6 Å². The van der Waals surface area contributed by atoms with Crippen molar-refractivity contribution in [1.82, 2.24) is 4.98 Å². The van der Waals surface area contributed by atoms with Crippen molar-refractivity contribution in [2.24, 2.45) is 5.73 Å². The van der Waals surface area contributed by atoms with E-state index in [0.29, 0.717) is 22.1 Å². The van der Waals surface area contributed by atoms with Crippen molar-refractivity contribution < 1.29 is 9.53 Å². The minimum atomic E-state index is -0.126. The minimum absolute atomic E-state index is 0.126. The van der Waals surface area contributed by atoms with Crippen molar-refractivity contribution in [2.75, 3.05) is 5.32 Å². The molecule has 170 valence electrons. The minimum Gasteiger partial charge on any atom is -0.444 e. The van der Waals surface area contributed by atoms with E-state index in [0.717, 1.165) is 58.6 Å². The highest BCUT2D eigenvalue weighted by molar-refractivity contribution is 7.80. The number of fused-ring (bicyclic) bond motifs is 1. The number of nitrogens with two attached hydrogens (primary N) is 1. The molecule has 0 saturated heterocycles. The highest BCUT2D eigenvalue weighted by Gasteiger charge is 2.27. The number of carbonyl (C=O) groups excluding carboxylic acids is 1. The highest BCUT2D eigenvalue weighted by Crippen LogP contribution is 2.42. The Morgan fingerprint density at radius 3 is 2.73 bits per heavy atom. The van der Waals surface area contributed by atoms with E-state index in [1.807, 2.05) is 43.3 Å². The second-order valence-electron chi connectivity index (χ2n) is 8.01. The molecule has 7 heteroatoms. The molecule has 0 aliphatic heterocycles. The molecule has 3 aromatic rings. The summed E-state index contributed by atoms with van der Waals surface area (Å²) < 4.78 is 6.30. The standard InChI is InChI=1S/C26H27N3O2S2/c1-3-17-9-11-19(12-10-17)29-25(30)24-20-7-4-6-18(15-27)23(32)14-21(20)26(33-24)31-22-8-5-13-28-16(22)2/h5,8-13,15H,3-4,6-7,14,27H2,1-2H3,(H,29,30). The lowest BCUT2D eigenvalue weighted by Gasteiger charge is -2.16. The summed E-state index contributed by atoms with van der Waals surface area (Å²) in [5.41, 5.74) is 11.6. The van der Waals surface area contributed by atoms with Gasteiger partial charge in [0.05, 0.1) is 10.6 Å². The number of thiocarbonyl (C=S) groups is 1. The first-order valence-corrected chi connectivity index (χ1v) is 12.3. The fourth-order valence-electron chi connectivity index (χ4n) is 3.92. The van der Waals surface area contributed by atoms with Gasteiger partial charge < -0.3 is 15.8 Å². The van der Waals surface area contributed by atoms with Crippen molar-refractivity contribution in [3.63, 3.8) is 0 Å². The monoisotopic (exact) mass is 477 g/mol. The van der Waals surface area contributed by atoms with Crippen molar-refractivity contribution in [3.05, 3.63) is 81.6 Å². The van der Waals surface area contributed by atoms with Crippen LogP contribution in [0.2, 0.25) is 0 Å². The molecule has 1 aliphatic rings. The lowest BCUT2D eigenvalue weighted by atomic mass is 9.92. The van der Waals surface area contributed by atoms with Gasteiger partial charge in [0.2, 0.25) is 0 Å². The van der Waals surface area contributed by atoms with E-state index in [9.17, 15) is 4.79 Å². The predicted octanol–water partition coefficient (Wildman–Crippen LogP) is 6.15. The van der Waals surface area contributed by atoms with Gasteiger partial charge in [-0.25, -0.2) is 0 Å². The highest BCUT2D eigenvalue weighted by atomic mass is 32.1. The number of carbonyl (C=O) groups is 1. The topological polar surface area (TPSA) is 77.2 Å². The van der Waals surface area contributed by atoms with Gasteiger partial charge in [-0.05, 0) is 79.8 Å². The van der Waals surface area contributed by atoms with Gasteiger partial charge in [-0.2, -0.15) is 0 Å². The van der Waals surface area contributed by atoms with Crippen LogP contribution in [0, 0.1) is 6.92 Å². The molecule has 0 spiro atoms. The molecule has 4 rings (SSSR count). The number of amides is 1. The number of ether oxygens (including phenoxy) is 1. The van der Waals surface area contributed by atoms with Gasteiger partial charge in [-0.15, -0.1) is 0 Å². The molecule has 2 heterocycles. The molecular weight excluding hydrogens is 450 g/mol. The summed E-state index contributed by atoms with van der Waals surface area (Å²) in [5, 5.41) is 3.74.